The molecule has 0 heterocycles. The minimum Gasteiger partial charge on any atom is -0.372 e. The maximum Gasteiger partial charge on any atom is 0.150 e. The summed E-state index contributed by atoms with van der Waals surface area (Å²) in [5, 5.41) is 0. The predicted octanol–water partition coefficient (Wildman–Crippen LogP) is 3.46. The van der Waals surface area contributed by atoms with Crippen LogP contribution >= 0.6 is 0 Å². The van der Waals surface area contributed by atoms with Gasteiger partial charge in [0, 0.05) is 11.0 Å². The molecule has 0 aromatic heterocycles. The highest BCUT2D eigenvalue weighted by molar-refractivity contribution is 5.74. The van der Waals surface area contributed by atoms with Gasteiger partial charge in [-0.05, 0) is 17.6 Å². The van der Waals surface area contributed by atoms with Crippen LogP contribution in [0.3, 0.4) is 0 Å². The third-order valence-electron chi connectivity index (χ3n) is 3.61. The second-order valence-electron chi connectivity index (χ2n) is 5.12. The molecular formula is C17H16O2. The van der Waals surface area contributed by atoms with Crippen LogP contribution in [0.2, 0.25) is 0 Å². The van der Waals surface area contributed by atoms with Crippen LogP contribution in [-0.2, 0) is 11.3 Å². The van der Waals surface area contributed by atoms with E-state index >= 15 is 0 Å². The topological polar surface area (TPSA) is 26.3 Å². The first kappa shape index (κ1) is 12.1. The standard InChI is InChI=1S/C17H16O2/c18-11-14-2-4-15(5-3-14)12-19-13-16-6-9-17(10-16)7-1-8-17/h1-7,9-11H,8,12-13H2. The summed E-state index contributed by atoms with van der Waals surface area (Å²) in [7, 11) is 0. The van der Waals surface area contributed by atoms with E-state index in [-0.39, 0.29) is 5.41 Å². The molecule has 3 rings (SSSR count). The number of hydrogen-bond acceptors (Lipinski definition) is 2. The summed E-state index contributed by atoms with van der Waals surface area (Å²) in [4.78, 5) is 10.5. The van der Waals surface area contributed by atoms with Gasteiger partial charge in [-0.2, -0.15) is 0 Å². The van der Waals surface area contributed by atoms with E-state index in [4.69, 9.17) is 4.74 Å². The lowest BCUT2D eigenvalue weighted by molar-refractivity contribution is 0.112. The van der Waals surface area contributed by atoms with Crippen molar-refractivity contribution in [3.05, 3.63) is 71.3 Å². The van der Waals surface area contributed by atoms with Crippen LogP contribution in [0.5, 0.6) is 0 Å². The van der Waals surface area contributed by atoms with Crippen molar-refractivity contribution in [3.63, 3.8) is 0 Å². The Balaban J connectivity index is 1.51. The molecule has 0 aliphatic heterocycles. The summed E-state index contributed by atoms with van der Waals surface area (Å²) < 4.78 is 5.71. The number of carbonyl (C=O) groups excluding carboxylic acids is 1. The molecule has 0 bridgehead atoms. The maximum atomic E-state index is 10.5. The van der Waals surface area contributed by atoms with Crippen molar-refractivity contribution in [2.45, 2.75) is 13.0 Å². The zero-order valence-electron chi connectivity index (χ0n) is 10.7. The number of carbonyl (C=O) groups is 1. The monoisotopic (exact) mass is 252 g/mol. The summed E-state index contributed by atoms with van der Waals surface area (Å²) in [6.07, 6.45) is 13.1. The van der Waals surface area contributed by atoms with Gasteiger partial charge >= 0.3 is 0 Å². The first-order valence-corrected chi connectivity index (χ1v) is 6.50. The molecule has 1 unspecified atom stereocenters. The number of ether oxygens (including phenoxy) is 1. The zero-order chi connectivity index (χ0) is 13.1. The molecular weight excluding hydrogens is 236 g/mol. The van der Waals surface area contributed by atoms with Crippen LogP contribution < -0.4 is 0 Å². The second-order valence-corrected chi connectivity index (χ2v) is 5.12. The fourth-order valence-corrected chi connectivity index (χ4v) is 2.39. The largest absolute Gasteiger partial charge is 0.372 e. The van der Waals surface area contributed by atoms with Gasteiger partial charge in [0.25, 0.3) is 0 Å². The normalized spacial score (nSPS) is 23.5. The molecule has 1 atom stereocenters. The Morgan fingerprint density at radius 3 is 2.53 bits per heavy atom. The molecule has 96 valence electrons. The third-order valence-corrected chi connectivity index (χ3v) is 3.61. The Hall–Kier alpha value is -1.93. The molecule has 0 N–H and O–H groups in total. The van der Waals surface area contributed by atoms with Crippen molar-refractivity contribution in [2.75, 3.05) is 6.61 Å². The van der Waals surface area contributed by atoms with Crippen molar-refractivity contribution >= 4 is 6.29 Å². The van der Waals surface area contributed by atoms with Crippen molar-refractivity contribution in [1.29, 1.82) is 0 Å². The molecule has 0 saturated heterocycles. The number of hydrogen-bond donors (Lipinski definition) is 0. The van der Waals surface area contributed by atoms with Gasteiger partial charge in [-0.25, -0.2) is 0 Å². The first-order valence-electron chi connectivity index (χ1n) is 6.50. The van der Waals surface area contributed by atoms with Crippen molar-refractivity contribution < 1.29 is 9.53 Å². The number of aldehydes is 1. The van der Waals surface area contributed by atoms with E-state index in [1.807, 2.05) is 24.3 Å². The van der Waals surface area contributed by atoms with E-state index in [1.54, 1.807) is 0 Å². The highest BCUT2D eigenvalue weighted by atomic mass is 16.5. The molecule has 2 heteroatoms. The molecule has 0 fully saturated rings. The number of benzene rings is 1. The van der Waals surface area contributed by atoms with Gasteiger partial charge in [0.15, 0.2) is 0 Å². The van der Waals surface area contributed by atoms with E-state index in [0.717, 1.165) is 18.3 Å². The van der Waals surface area contributed by atoms with E-state index in [2.05, 4.69) is 30.4 Å². The predicted molar refractivity (Wildman–Crippen MR) is 74.9 cm³/mol. The second kappa shape index (κ2) is 4.98. The third kappa shape index (κ3) is 2.59. The molecule has 2 aliphatic rings. The van der Waals surface area contributed by atoms with E-state index < -0.39 is 0 Å². The molecule has 0 amide bonds. The first-order chi connectivity index (χ1) is 9.30. The zero-order valence-corrected chi connectivity index (χ0v) is 10.7. The average molecular weight is 252 g/mol. The number of rotatable bonds is 5. The van der Waals surface area contributed by atoms with Crippen molar-refractivity contribution in [1.82, 2.24) is 0 Å². The lowest BCUT2D eigenvalue weighted by Crippen LogP contribution is -2.15. The SMILES string of the molecule is O=Cc1ccc(COCC2=CC3(C=CC3)C=C2)cc1. The number of allylic oxidation sites excluding steroid dienone is 4. The maximum absolute atomic E-state index is 10.5. The lowest BCUT2D eigenvalue weighted by atomic mass is 9.78. The van der Waals surface area contributed by atoms with Gasteiger partial charge in [-0.15, -0.1) is 0 Å². The molecule has 0 radical (unpaired) electrons. The molecule has 1 aromatic rings. The van der Waals surface area contributed by atoms with Crippen LogP contribution in [0.4, 0.5) is 0 Å². The summed E-state index contributed by atoms with van der Waals surface area (Å²) in [5.74, 6) is 0. The van der Waals surface area contributed by atoms with Crippen LogP contribution in [0, 0.1) is 5.41 Å². The Morgan fingerprint density at radius 2 is 1.95 bits per heavy atom. The summed E-state index contributed by atoms with van der Waals surface area (Å²) >= 11 is 0. The average Bonchev–Trinajstić information content (AvgIpc) is 2.84. The van der Waals surface area contributed by atoms with Crippen LogP contribution in [0.15, 0.2) is 60.2 Å². The smallest absolute Gasteiger partial charge is 0.150 e. The highest BCUT2D eigenvalue weighted by Gasteiger charge is 2.29. The summed E-state index contributed by atoms with van der Waals surface area (Å²) in [5.41, 5.74) is 3.23. The minimum atomic E-state index is 0.199. The fourth-order valence-electron chi connectivity index (χ4n) is 2.39. The molecule has 1 aromatic carbocycles. The molecule has 1 spiro atoms. The van der Waals surface area contributed by atoms with E-state index in [9.17, 15) is 4.79 Å². The Bertz CT molecular complexity index is 563. The van der Waals surface area contributed by atoms with Crippen LogP contribution in [0.1, 0.15) is 22.3 Å². The van der Waals surface area contributed by atoms with Gasteiger partial charge in [-0.1, -0.05) is 54.6 Å². The van der Waals surface area contributed by atoms with Gasteiger partial charge in [0.1, 0.15) is 6.29 Å². The lowest BCUT2D eigenvalue weighted by Gasteiger charge is -2.26. The van der Waals surface area contributed by atoms with Gasteiger partial charge < -0.3 is 4.74 Å². The Morgan fingerprint density at radius 1 is 1.16 bits per heavy atom. The quantitative estimate of drug-likeness (QED) is 0.592. The van der Waals surface area contributed by atoms with Gasteiger partial charge in [0.2, 0.25) is 0 Å². The molecule has 2 aliphatic carbocycles. The summed E-state index contributed by atoms with van der Waals surface area (Å²) in [6.45, 7) is 1.22. The van der Waals surface area contributed by atoms with Gasteiger partial charge in [-0.3, -0.25) is 4.79 Å². The van der Waals surface area contributed by atoms with E-state index in [0.29, 0.717) is 18.8 Å². The summed E-state index contributed by atoms with van der Waals surface area (Å²) in [6, 6.07) is 7.49. The highest BCUT2D eigenvalue weighted by Crippen LogP contribution is 2.41. The van der Waals surface area contributed by atoms with Crippen LogP contribution in [-0.4, -0.2) is 12.9 Å². The van der Waals surface area contributed by atoms with Crippen LogP contribution in [0.25, 0.3) is 0 Å². The Labute approximate surface area is 113 Å². The van der Waals surface area contributed by atoms with E-state index in [1.165, 1.54) is 5.57 Å². The van der Waals surface area contributed by atoms with Crippen molar-refractivity contribution in [2.24, 2.45) is 5.41 Å². The Kier molecular flexibility index (Phi) is 3.18. The molecule has 2 nitrogen and oxygen atoms in total. The minimum absolute atomic E-state index is 0.199. The van der Waals surface area contributed by atoms with Gasteiger partial charge in [0.05, 0.1) is 13.2 Å². The fraction of sp³-hybridized carbons (Fsp3) is 0.235. The molecule has 19 heavy (non-hydrogen) atoms. The molecule has 0 saturated carbocycles. The van der Waals surface area contributed by atoms with Crippen molar-refractivity contribution in [3.8, 4) is 0 Å².